The van der Waals surface area contributed by atoms with Crippen LogP contribution in [0.15, 0.2) is 24.8 Å². The van der Waals surface area contributed by atoms with Gasteiger partial charge in [-0.3, -0.25) is 9.36 Å². The van der Waals surface area contributed by atoms with E-state index in [4.69, 9.17) is 0 Å². The molecule has 0 aliphatic heterocycles. The van der Waals surface area contributed by atoms with Gasteiger partial charge in [-0.25, -0.2) is 0 Å². The smallest absolute Gasteiger partial charge is 0.0537 e. The van der Waals surface area contributed by atoms with E-state index in [1.165, 1.54) is 11.1 Å². The van der Waals surface area contributed by atoms with E-state index in [1.54, 1.807) is 0 Å². The second-order valence-electron chi connectivity index (χ2n) is 4.40. The Labute approximate surface area is 101 Å². The lowest BCUT2D eigenvalue weighted by molar-refractivity contribution is 0.507. The molecule has 5 nitrogen and oxygen atoms in total. The van der Waals surface area contributed by atoms with Gasteiger partial charge in [-0.05, 0) is 19.4 Å². The van der Waals surface area contributed by atoms with Crippen LogP contribution >= 0.6 is 0 Å². The number of nitrogens with one attached hydrogen (secondary N) is 1. The maximum Gasteiger partial charge on any atom is 0.0537 e. The molecule has 0 spiro atoms. The highest BCUT2D eigenvalue weighted by atomic mass is 15.3. The fourth-order valence-electron chi connectivity index (χ4n) is 1.77. The molecule has 0 saturated heterocycles. The molecule has 0 aromatic carbocycles. The Morgan fingerprint density at radius 1 is 1.29 bits per heavy atom. The third-order valence-corrected chi connectivity index (χ3v) is 2.78. The summed E-state index contributed by atoms with van der Waals surface area (Å²) >= 11 is 0. The van der Waals surface area contributed by atoms with Crippen LogP contribution in [0.25, 0.3) is 0 Å². The molecule has 2 rings (SSSR count). The highest BCUT2D eigenvalue weighted by Gasteiger charge is 2.06. The highest BCUT2D eigenvalue weighted by Crippen LogP contribution is 2.09. The van der Waals surface area contributed by atoms with Crippen molar-refractivity contribution < 1.29 is 0 Å². The number of hydrogen-bond acceptors (Lipinski definition) is 3. The van der Waals surface area contributed by atoms with Crippen LogP contribution in [0, 0.1) is 6.92 Å². The van der Waals surface area contributed by atoms with Crippen molar-refractivity contribution in [3.8, 4) is 0 Å². The topological polar surface area (TPSA) is 47.7 Å². The molecular formula is C12H19N5. The maximum atomic E-state index is 4.25. The van der Waals surface area contributed by atoms with E-state index >= 15 is 0 Å². The van der Waals surface area contributed by atoms with Gasteiger partial charge in [0.1, 0.15) is 0 Å². The van der Waals surface area contributed by atoms with Crippen LogP contribution in [0.3, 0.4) is 0 Å². The molecule has 0 aliphatic carbocycles. The molecule has 17 heavy (non-hydrogen) atoms. The molecule has 2 aromatic heterocycles. The average Bonchev–Trinajstić information content (AvgIpc) is 2.88. The summed E-state index contributed by atoms with van der Waals surface area (Å²) in [6.45, 7) is 5.98. The molecular weight excluding hydrogens is 214 g/mol. The molecule has 1 N–H and O–H groups in total. The SMILES string of the molecule is Cc1cnn(CCNC(C)c2cnn(C)c2)c1. The van der Waals surface area contributed by atoms with Crippen LogP contribution in [0.2, 0.25) is 0 Å². The van der Waals surface area contributed by atoms with Crippen LogP contribution in [-0.2, 0) is 13.6 Å². The van der Waals surface area contributed by atoms with Gasteiger partial charge in [0.2, 0.25) is 0 Å². The standard InChI is InChI=1S/C12H19N5/c1-10-6-15-17(8-10)5-4-13-11(2)12-7-14-16(3)9-12/h6-9,11,13H,4-5H2,1-3H3. The molecule has 2 heterocycles. The van der Waals surface area contributed by atoms with E-state index < -0.39 is 0 Å². The Morgan fingerprint density at radius 2 is 2.12 bits per heavy atom. The van der Waals surface area contributed by atoms with Crippen LogP contribution in [-0.4, -0.2) is 26.1 Å². The number of rotatable bonds is 5. The largest absolute Gasteiger partial charge is 0.308 e. The molecule has 0 aliphatic rings. The summed E-state index contributed by atoms with van der Waals surface area (Å²) in [6.07, 6.45) is 7.87. The van der Waals surface area contributed by atoms with E-state index in [1.807, 2.05) is 35.0 Å². The summed E-state index contributed by atoms with van der Waals surface area (Å²) in [5.74, 6) is 0. The van der Waals surface area contributed by atoms with Gasteiger partial charge in [-0.15, -0.1) is 0 Å². The summed E-state index contributed by atoms with van der Waals surface area (Å²) in [5, 5.41) is 11.9. The van der Waals surface area contributed by atoms with Gasteiger partial charge < -0.3 is 5.32 Å². The first-order chi connectivity index (χ1) is 8.15. The van der Waals surface area contributed by atoms with Gasteiger partial charge in [0.05, 0.1) is 18.9 Å². The normalized spacial score (nSPS) is 12.9. The third-order valence-electron chi connectivity index (χ3n) is 2.78. The fraction of sp³-hybridized carbons (Fsp3) is 0.500. The molecule has 1 unspecified atom stereocenters. The van der Waals surface area contributed by atoms with E-state index in [2.05, 4.69) is 35.6 Å². The van der Waals surface area contributed by atoms with Crippen molar-refractivity contribution in [3.63, 3.8) is 0 Å². The van der Waals surface area contributed by atoms with Crippen molar-refractivity contribution in [2.24, 2.45) is 7.05 Å². The number of nitrogens with zero attached hydrogens (tertiary/aromatic N) is 4. The molecule has 92 valence electrons. The summed E-state index contributed by atoms with van der Waals surface area (Å²) < 4.78 is 3.78. The van der Waals surface area contributed by atoms with Crippen molar-refractivity contribution in [2.75, 3.05) is 6.54 Å². The molecule has 0 amide bonds. The quantitative estimate of drug-likeness (QED) is 0.846. The second kappa shape index (κ2) is 5.14. The Hall–Kier alpha value is -1.62. The van der Waals surface area contributed by atoms with Crippen LogP contribution in [0.4, 0.5) is 0 Å². The molecule has 0 saturated carbocycles. The van der Waals surface area contributed by atoms with E-state index in [-0.39, 0.29) is 0 Å². The minimum Gasteiger partial charge on any atom is -0.308 e. The summed E-state index contributed by atoms with van der Waals surface area (Å²) in [4.78, 5) is 0. The summed E-state index contributed by atoms with van der Waals surface area (Å²) in [5.41, 5.74) is 2.41. The fourth-order valence-corrected chi connectivity index (χ4v) is 1.77. The van der Waals surface area contributed by atoms with Crippen molar-refractivity contribution in [3.05, 3.63) is 35.9 Å². The Morgan fingerprint density at radius 3 is 2.71 bits per heavy atom. The molecule has 5 heteroatoms. The number of hydrogen-bond donors (Lipinski definition) is 1. The van der Waals surface area contributed by atoms with E-state index in [9.17, 15) is 0 Å². The third kappa shape index (κ3) is 3.17. The second-order valence-corrected chi connectivity index (χ2v) is 4.40. The Balaban J connectivity index is 1.78. The molecule has 0 bridgehead atoms. The zero-order valence-electron chi connectivity index (χ0n) is 10.6. The van der Waals surface area contributed by atoms with Crippen molar-refractivity contribution in [1.29, 1.82) is 0 Å². The van der Waals surface area contributed by atoms with Crippen LogP contribution in [0.5, 0.6) is 0 Å². The predicted octanol–water partition coefficient (Wildman–Crippen LogP) is 1.28. The minimum absolute atomic E-state index is 0.320. The van der Waals surface area contributed by atoms with Crippen LogP contribution in [0.1, 0.15) is 24.1 Å². The zero-order valence-corrected chi connectivity index (χ0v) is 10.6. The first kappa shape index (κ1) is 11.9. The average molecular weight is 233 g/mol. The molecule has 0 radical (unpaired) electrons. The molecule has 1 atom stereocenters. The van der Waals surface area contributed by atoms with Gasteiger partial charge in [0.25, 0.3) is 0 Å². The Bertz CT molecular complexity index is 471. The molecule has 2 aromatic rings. The van der Waals surface area contributed by atoms with Crippen LogP contribution < -0.4 is 5.32 Å². The minimum atomic E-state index is 0.320. The molecule has 0 fully saturated rings. The van der Waals surface area contributed by atoms with E-state index in [0.717, 1.165) is 13.1 Å². The number of aromatic nitrogens is 4. The number of aryl methyl sites for hydroxylation is 2. The van der Waals surface area contributed by atoms with Gasteiger partial charge in [-0.2, -0.15) is 10.2 Å². The first-order valence-corrected chi connectivity index (χ1v) is 5.86. The van der Waals surface area contributed by atoms with Crippen molar-refractivity contribution >= 4 is 0 Å². The summed E-state index contributed by atoms with van der Waals surface area (Å²) in [6, 6.07) is 0.320. The van der Waals surface area contributed by atoms with E-state index in [0.29, 0.717) is 6.04 Å². The maximum absolute atomic E-state index is 4.25. The first-order valence-electron chi connectivity index (χ1n) is 5.86. The summed E-state index contributed by atoms with van der Waals surface area (Å²) in [7, 11) is 1.93. The van der Waals surface area contributed by atoms with Crippen molar-refractivity contribution in [1.82, 2.24) is 24.9 Å². The monoisotopic (exact) mass is 233 g/mol. The van der Waals surface area contributed by atoms with Gasteiger partial charge in [0.15, 0.2) is 0 Å². The lowest BCUT2D eigenvalue weighted by Crippen LogP contribution is -2.23. The van der Waals surface area contributed by atoms with Gasteiger partial charge in [-0.1, -0.05) is 0 Å². The highest BCUT2D eigenvalue weighted by molar-refractivity contribution is 5.08. The van der Waals surface area contributed by atoms with Crippen molar-refractivity contribution in [2.45, 2.75) is 26.4 Å². The lowest BCUT2D eigenvalue weighted by Gasteiger charge is -2.11. The Kier molecular flexibility index (Phi) is 3.58. The predicted molar refractivity (Wildman–Crippen MR) is 66.6 cm³/mol. The zero-order chi connectivity index (χ0) is 12.3. The van der Waals surface area contributed by atoms with Gasteiger partial charge >= 0.3 is 0 Å². The van der Waals surface area contributed by atoms with Gasteiger partial charge in [0, 0.05) is 37.6 Å². The lowest BCUT2D eigenvalue weighted by atomic mass is 10.2.